The highest BCUT2D eigenvalue weighted by molar-refractivity contribution is 8.00. The van der Waals surface area contributed by atoms with Crippen molar-refractivity contribution in [2.45, 2.75) is 37.3 Å². The number of hydrazine groups is 1. The summed E-state index contributed by atoms with van der Waals surface area (Å²) < 4.78 is 0. The molecule has 3 nitrogen and oxygen atoms in total. The van der Waals surface area contributed by atoms with E-state index in [9.17, 15) is 4.79 Å². The van der Waals surface area contributed by atoms with Gasteiger partial charge in [-0.15, -0.1) is 11.8 Å². The maximum atomic E-state index is 11.9. The summed E-state index contributed by atoms with van der Waals surface area (Å²) in [7, 11) is 0. The molecule has 2 N–H and O–H groups in total. The average Bonchev–Trinajstić information content (AvgIpc) is 2.42. The maximum absolute atomic E-state index is 11.9. The molecule has 1 amide bonds. The monoisotopic (exact) mass is 298 g/mol. The zero-order chi connectivity index (χ0) is 14.3. The fourth-order valence-electron chi connectivity index (χ4n) is 1.38. The second-order valence-electron chi connectivity index (χ2n) is 4.00. The van der Waals surface area contributed by atoms with E-state index in [2.05, 4.69) is 10.9 Å². The van der Waals surface area contributed by atoms with Crippen LogP contribution >= 0.6 is 23.4 Å². The van der Waals surface area contributed by atoms with E-state index in [1.165, 1.54) is 11.8 Å². The molecule has 19 heavy (non-hydrogen) atoms. The second-order valence-corrected chi connectivity index (χ2v) is 5.85. The zero-order valence-corrected chi connectivity index (χ0v) is 12.9. The maximum Gasteiger partial charge on any atom is 0.251 e. The van der Waals surface area contributed by atoms with Crippen LogP contribution in [0.15, 0.2) is 40.9 Å². The molecule has 1 aromatic carbocycles. The van der Waals surface area contributed by atoms with E-state index in [-0.39, 0.29) is 11.2 Å². The molecule has 0 fully saturated rings. The van der Waals surface area contributed by atoms with Gasteiger partial charge in [0, 0.05) is 15.6 Å². The SMILES string of the molecule is C/C=C(/CC)NNC(=O)[C@H](C)Sc1ccc(Cl)cc1. The zero-order valence-electron chi connectivity index (χ0n) is 11.4. The minimum atomic E-state index is -0.177. The van der Waals surface area contributed by atoms with Crippen LogP contribution in [0.5, 0.6) is 0 Å². The molecule has 1 atom stereocenters. The number of halogens is 1. The third kappa shape index (κ3) is 5.57. The lowest BCUT2D eigenvalue weighted by Gasteiger charge is -2.14. The first kappa shape index (κ1) is 15.9. The van der Waals surface area contributed by atoms with Crippen LogP contribution in [-0.4, -0.2) is 11.2 Å². The third-order valence-electron chi connectivity index (χ3n) is 2.57. The molecule has 0 aliphatic heterocycles. The predicted molar refractivity (Wildman–Crippen MR) is 82.1 cm³/mol. The normalized spacial score (nSPS) is 12.9. The number of rotatable bonds is 6. The predicted octanol–water partition coefficient (Wildman–Crippen LogP) is 3.76. The smallest absolute Gasteiger partial charge is 0.251 e. The van der Waals surface area contributed by atoms with Crippen molar-refractivity contribution in [1.29, 1.82) is 0 Å². The summed E-state index contributed by atoms with van der Waals surface area (Å²) in [5.74, 6) is -0.0484. The van der Waals surface area contributed by atoms with Gasteiger partial charge in [0.15, 0.2) is 0 Å². The van der Waals surface area contributed by atoms with Gasteiger partial charge >= 0.3 is 0 Å². The van der Waals surface area contributed by atoms with E-state index >= 15 is 0 Å². The van der Waals surface area contributed by atoms with Crippen LogP contribution in [-0.2, 0) is 4.79 Å². The Labute approximate surface area is 123 Å². The molecule has 0 saturated carbocycles. The summed E-state index contributed by atoms with van der Waals surface area (Å²) >= 11 is 7.32. The highest BCUT2D eigenvalue weighted by atomic mass is 35.5. The molecule has 1 aromatic rings. The number of thioether (sulfide) groups is 1. The van der Waals surface area contributed by atoms with E-state index in [1.54, 1.807) is 0 Å². The summed E-state index contributed by atoms with van der Waals surface area (Å²) in [6.07, 6.45) is 2.80. The van der Waals surface area contributed by atoms with Crippen LogP contribution in [0.2, 0.25) is 5.02 Å². The minimum Gasteiger partial charge on any atom is -0.303 e. The Morgan fingerprint density at radius 2 is 2.00 bits per heavy atom. The Morgan fingerprint density at radius 1 is 1.37 bits per heavy atom. The first-order valence-corrected chi connectivity index (χ1v) is 7.45. The largest absolute Gasteiger partial charge is 0.303 e. The van der Waals surface area contributed by atoms with Crippen molar-refractivity contribution < 1.29 is 4.79 Å². The molecule has 0 radical (unpaired) electrons. The molecule has 0 saturated heterocycles. The first-order chi connectivity index (χ1) is 9.06. The van der Waals surface area contributed by atoms with E-state index in [0.717, 1.165) is 17.0 Å². The van der Waals surface area contributed by atoms with Crippen LogP contribution in [0, 0.1) is 0 Å². The number of nitrogens with one attached hydrogen (secondary N) is 2. The highest BCUT2D eigenvalue weighted by Crippen LogP contribution is 2.24. The lowest BCUT2D eigenvalue weighted by molar-refractivity contribution is -0.121. The Kier molecular flexibility index (Phi) is 6.81. The van der Waals surface area contributed by atoms with Crippen LogP contribution in [0.1, 0.15) is 27.2 Å². The molecule has 0 aromatic heterocycles. The number of hydrogen-bond donors (Lipinski definition) is 2. The molecule has 0 spiro atoms. The Bertz CT molecular complexity index is 445. The van der Waals surface area contributed by atoms with Gasteiger partial charge in [0.05, 0.1) is 5.25 Å². The van der Waals surface area contributed by atoms with Crippen LogP contribution in [0.3, 0.4) is 0 Å². The Hall–Kier alpha value is -1.13. The molecular formula is C14H19ClN2OS. The van der Waals surface area contributed by atoms with Crippen molar-refractivity contribution in [3.63, 3.8) is 0 Å². The number of benzene rings is 1. The standard InChI is InChI=1S/C14H19ClN2OS/c1-4-12(5-2)16-17-14(18)10(3)19-13-8-6-11(15)7-9-13/h4,6-10,16H,5H2,1-3H3,(H,17,18)/b12-4-/t10-/m0/s1. The van der Waals surface area contributed by atoms with Crippen molar-refractivity contribution in [1.82, 2.24) is 10.9 Å². The van der Waals surface area contributed by atoms with Crippen molar-refractivity contribution in [2.75, 3.05) is 0 Å². The summed E-state index contributed by atoms with van der Waals surface area (Å²) in [5, 5.41) is 0.521. The Morgan fingerprint density at radius 3 is 2.53 bits per heavy atom. The van der Waals surface area contributed by atoms with Crippen LogP contribution in [0.25, 0.3) is 0 Å². The van der Waals surface area contributed by atoms with E-state index in [1.807, 2.05) is 51.1 Å². The van der Waals surface area contributed by atoms with Crippen LogP contribution in [0.4, 0.5) is 0 Å². The quantitative estimate of drug-likeness (QED) is 0.621. The highest BCUT2D eigenvalue weighted by Gasteiger charge is 2.14. The molecule has 0 unspecified atom stereocenters. The number of carbonyl (C=O) groups excluding carboxylic acids is 1. The lowest BCUT2D eigenvalue weighted by Crippen LogP contribution is -2.40. The van der Waals surface area contributed by atoms with E-state index < -0.39 is 0 Å². The third-order valence-corrected chi connectivity index (χ3v) is 3.94. The number of allylic oxidation sites excluding steroid dienone is 2. The van der Waals surface area contributed by atoms with Gasteiger partial charge in [-0.2, -0.15) is 0 Å². The molecule has 0 heterocycles. The van der Waals surface area contributed by atoms with E-state index in [0.29, 0.717) is 5.02 Å². The molecule has 0 aliphatic carbocycles. The molecule has 0 aliphatic rings. The van der Waals surface area contributed by atoms with Gasteiger partial charge in [0.2, 0.25) is 0 Å². The van der Waals surface area contributed by atoms with Gasteiger partial charge in [0.25, 0.3) is 5.91 Å². The van der Waals surface area contributed by atoms with E-state index in [4.69, 9.17) is 11.6 Å². The molecule has 1 rings (SSSR count). The summed E-state index contributed by atoms with van der Waals surface area (Å²) in [6.45, 7) is 5.84. The average molecular weight is 299 g/mol. The van der Waals surface area contributed by atoms with Crippen molar-refractivity contribution in [3.05, 3.63) is 41.1 Å². The van der Waals surface area contributed by atoms with Crippen molar-refractivity contribution >= 4 is 29.3 Å². The molecule has 104 valence electrons. The van der Waals surface area contributed by atoms with Gasteiger partial charge in [0.1, 0.15) is 0 Å². The fourth-order valence-corrected chi connectivity index (χ4v) is 2.37. The van der Waals surface area contributed by atoms with Crippen LogP contribution < -0.4 is 10.9 Å². The fraction of sp³-hybridized carbons (Fsp3) is 0.357. The van der Waals surface area contributed by atoms with Gasteiger partial charge < -0.3 is 5.43 Å². The summed E-state index contributed by atoms with van der Waals surface area (Å²) in [4.78, 5) is 12.9. The van der Waals surface area contributed by atoms with Gasteiger partial charge in [-0.1, -0.05) is 24.6 Å². The van der Waals surface area contributed by atoms with Gasteiger partial charge in [-0.05, 0) is 44.5 Å². The van der Waals surface area contributed by atoms with Crippen molar-refractivity contribution in [2.24, 2.45) is 0 Å². The second kappa shape index (κ2) is 8.12. The summed E-state index contributed by atoms with van der Waals surface area (Å²) in [6, 6.07) is 7.46. The number of amides is 1. The molecular weight excluding hydrogens is 280 g/mol. The van der Waals surface area contributed by atoms with Gasteiger partial charge in [-0.25, -0.2) is 0 Å². The topological polar surface area (TPSA) is 41.1 Å². The van der Waals surface area contributed by atoms with Crippen molar-refractivity contribution in [3.8, 4) is 0 Å². The first-order valence-electron chi connectivity index (χ1n) is 6.20. The minimum absolute atomic E-state index is 0.0484. The van der Waals surface area contributed by atoms with Gasteiger partial charge in [-0.3, -0.25) is 10.2 Å². The molecule has 0 bridgehead atoms. The summed E-state index contributed by atoms with van der Waals surface area (Å²) in [5.41, 5.74) is 6.63. The number of hydrogen-bond acceptors (Lipinski definition) is 3. The lowest BCUT2D eigenvalue weighted by atomic mass is 10.3. The molecule has 5 heteroatoms. The Balaban J connectivity index is 2.46. The number of carbonyl (C=O) groups is 1.